The normalized spacial score (nSPS) is 10.7. The van der Waals surface area contributed by atoms with Gasteiger partial charge in [-0.3, -0.25) is 33.6 Å². The number of carbonyl (C=O) groups excluding carboxylic acids is 10. The van der Waals surface area contributed by atoms with E-state index in [0.29, 0.717) is 183 Å². The van der Waals surface area contributed by atoms with Crippen LogP contribution >= 0.6 is 0 Å². The van der Waals surface area contributed by atoms with Crippen molar-refractivity contribution in [2.45, 2.75) is 212 Å². The fourth-order valence-electron chi connectivity index (χ4n) is 8.85. The van der Waals surface area contributed by atoms with E-state index in [-0.39, 0.29) is 87.3 Å². The Kier molecular flexibility index (Phi) is 44.6. The van der Waals surface area contributed by atoms with Gasteiger partial charge < -0.3 is 52.1 Å². The summed E-state index contributed by atoms with van der Waals surface area (Å²) in [5.41, 5.74) is 1.14. The van der Waals surface area contributed by atoms with Gasteiger partial charge in [-0.1, -0.05) is 24.8 Å². The van der Waals surface area contributed by atoms with Crippen LogP contribution in [0.5, 0.6) is 17.2 Å². The Morgan fingerprint density at radius 1 is 0.269 bits per heavy atom. The third-order valence-electron chi connectivity index (χ3n) is 14.3. The molecule has 21 heteroatoms. The lowest BCUT2D eigenvalue weighted by Gasteiger charge is -2.09. The Morgan fingerprint density at radius 2 is 0.505 bits per heavy atom. The highest BCUT2D eigenvalue weighted by Crippen LogP contribution is 2.22. The van der Waals surface area contributed by atoms with Crippen LogP contribution < -0.4 is 14.2 Å². The number of carbonyl (C=O) groups is 10. The zero-order valence-electron chi connectivity index (χ0n) is 54.8. The second-order valence-electron chi connectivity index (χ2n) is 22.5. The Morgan fingerprint density at radius 3 is 0.785 bits per heavy atom. The molecule has 0 radical (unpaired) electrons. The van der Waals surface area contributed by atoms with Crippen molar-refractivity contribution in [3.63, 3.8) is 0 Å². The molecular formula is C72H100O21. The van der Waals surface area contributed by atoms with Crippen LogP contribution in [0.3, 0.4) is 0 Å². The van der Waals surface area contributed by atoms with Gasteiger partial charge in [0.05, 0.1) is 70.6 Å². The van der Waals surface area contributed by atoms with E-state index in [1.165, 1.54) is 0 Å². The number of hydrogen-bond donors (Lipinski definition) is 0. The molecule has 0 saturated carbocycles. The molecule has 0 aromatic heterocycles. The van der Waals surface area contributed by atoms with Gasteiger partial charge in [0, 0.05) is 50.5 Å². The van der Waals surface area contributed by atoms with Gasteiger partial charge >= 0.3 is 59.7 Å². The van der Waals surface area contributed by atoms with Gasteiger partial charge in [0.2, 0.25) is 0 Å². The second-order valence-corrected chi connectivity index (χ2v) is 22.5. The van der Waals surface area contributed by atoms with Crippen LogP contribution in [0.25, 0.3) is 0 Å². The van der Waals surface area contributed by atoms with Crippen LogP contribution in [0.4, 0.5) is 0 Å². The Hall–Kier alpha value is -8.10. The van der Waals surface area contributed by atoms with Gasteiger partial charge in [-0.15, -0.1) is 0 Å². The number of rotatable bonds is 55. The number of benzene rings is 3. The quantitative estimate of drug-likeness (QED) is 0.0167. The molecule has 3 aromatic carbocycles. The average molecular weight is 1300 g/mol. The van der Waals surface area contributed by atoms with Crippen molar-refractivity contribution in [2.75, 3.05) is 59.5 Å². The standard InChI is InChI=1S/C72H100O21/c1-57(2)70(80)91-56-30-12-21-39-69(79)90-55-29-11-20-38-68(78)89-54-28-10-19-37-67(77)88-53-27-9-18-36-66(76)87-52-26-8-17-35-65(75)86-51-25-7-16-34-64(74)85-50-24-6-15-33-63(73)84-49-23-4-3-22-48-83-60-42-40-59(41-43-60)72(82)93-62-46-44-61(45-47-62)92-71(81)58-31-13-5-14-32-58/h5,13-14,31-32,40-47H,1,3-4,6-12,15-30,33-39,48-56H2,2H3. The molecule has 0 heterocycles. The highest BCUT2D eigenvalue weighted by Gasteiger charge is 2.14. The first-order chi connectivity index (χ1) is 45.2. The summed E-state index contributed by atoms with van der Waals surface area (Å²) in [5, 5.41) is 0. The first-order valence-electron chi connectivity index (χ1n) is 33.4. The van der Waals surface area contributed by atoms with Gasteiger partial charge in [-0.05, 0) is 228 Å². The van der Waals surface area contributed by atoms with E-state index in [0.717, 1.165) is 70.6 Å². The predicted molar refractivity (Wildman–Crippen MR) is 345 cm³/mol. The molecule has 0 aliphatic rings. The van der Waals surface area contributed by atoms with Crippen molar-refractivity contribution in [3.8, 4) is 17.2 Å². The van der Waals surface area contributed by atoms with Crippen molar-refractivity contribution in [3.05, 3.63) is 102 Å². The van der Waals surface area contributed by atoms with E-state index < -0.39 is 17.9 Å². The summed E-state index contributed by atoms with van der Waals surface area (Å²) in [4.78, 5) is 121. The van der Waals surface area contributed by atoms with Crippen LogP contribution in [-0.2, 0) is 76.3 Å². The maximum Gasteiger partial charge on any atom is 0.343 e. The molecule has 0 saturated heterocycles. The molecule has 0 aliphatic heterocycles. The Labute approximate surface area is 548 Å². The molecule has 0 amide bonds. The average Bonchev–Trinajstić information content (AvgIpc) is 1.35. The van der Waals surface area contributed by atoms with Gasteiger partial charge in [0.25, 0.3) is 0 Å². The van der Waals surface area contributed by atoms with Crippen molar-refractivity contribution in [1.29, 1.82) is 0 Å². The summed E-state index contributed by atoms with van der Waals surface area (Å²) in [6.07, 6.45) is 19.6. The maximum absolute atomic E-state index is 12.7. The third kappa shape index (κ3) is 43.4. The summed E-state index contributed by atoms with van der Waals surface area (Å²) in [6, 6.07) is 21.5. The first-order valence-corrected chi connectivity index (χ1v) is 33.4. The molecule has 0 N–H and O–H groups in total. The fourth-order valence-corrected chi connectivity index (χ4v) is 8.85. The summed E-state index contributed by atoms with van der Waals surface area (Å²) < 4.78 is 58.8. The van der Waals surface area contributed by atoms with E-state index in [9.17, 15) is 47.9 Å². The van der Waals surface area contributed by atoms with Gasteiger partial charge in [0.15, 0.2) is 0 Å². The van der Waals surface area contributed by atoms with E-state index in [1.807, 2.05) is 6.07 Å². The molecule has 21 nitrogen and oxygen atoms in total. The number of hydrogen-bond acceptors (Lipinski definition) is 21. The molecule has 0 fully saturated rings. The highest BCUT2D eigenvalue weighted by molar-refractivity contribution is 5.92. The molecule has 3 rings (SSSR count). The maximum atomic E-state index is 12.7. The summed E-state index contributed by atoms with van der Waals surface area (Å²) in [5.74, 6) is -2.05. The van der Waals surface area contributed by atoms with Gasteiger partial charge in [-0.2, -0.15) is 0 Å². The number of unbranched alkanes of at least 4 members (excludes halogenated alkanes) is 17. The summed E-state index contributed by atoms with van der Waals surface area (Å²) in [6.45, 7) is 8.04. The van der Waals surface area contributed by atoms with Crippen LogP contribution in [0.2, 0.25) is 0 Å². The lowest BCUT2D eigenvalue weighted by Crippen LogP contribution is -2.09. The lowest BCUT2D eigenvalue weighted by molar-refractivity contribution is -0.146. The molecule has 0 unspecified atom stereocenters. The summed E-state index contributed by atoms with van der Waals surface area (Å²) >= 11 is 0. The molecule has 514 valence electrons. The number of ether oxygens (including phenoxy) is 11. The zero-order valence-corrected chi connectivity index (χ0v) is 54.8. The molecule has 0 bridgehead atoms. The van der Waals surface area contributed by atoms with Crippen LogP contribution in [0, 0.1) is 0 Å². The predicted octanol–water partition coefficient (Wildman–Crippen LogP) is 13.9. The Balaban J connectivity index is 0.981. The van der Waals surface area contributed by atoms with Crippen molar-refractivity contribution in [2.24, 2.45) is 0 Å². The van der Waals surface area contributed by atoms with Crippen molar-refractivity contribution in [1.82, 2.24) is 0 Å². The Bertz CT molecular complexity index is 2630. The van der Waals surface area contributed by atoms with Crippen LogP contribution in [-0.4, -0.2) is 119 Å². The monoisotopic (exact) mass is 1300 g/mol. The van der Waals surface area contributed by atoms with Crippen molar-refractivity contribution >= 4 is 59.7 Å². The molecular weight excluding hydrogens is 1200 g/mol. The van der Waals surface area contributed by atoms with E-state index >= 15 is 0 Å². The lowest BCUT2D eigenvalue weighted by atomic mass is 10.2. The largest absolute Gasteiger partial charge is 0.494 e. The second kappa shape index (κ2) is 52.4. The van der Waals surface area contributed by atoms with Crippen LogP contribution in [0.15, 0.2) is 91.0 Å². The minimum Gasteiger partial charge on any atom is -0.494 e. The van der Waals surface area contributed by atoms with E-state index in [4.69, 9.17) is 52.1 Å². The molecule has 0 spiro atoms. The van der Waals surface area contributed by atoms with E-state index in [2.05, 4.69) is 6.58 Å². The zero-order chi connectivity index (χ0) is 67.2. The molecule has 93 heavy (non-hydrogen) atoms. The third-order valence-corrected chi connectivity index (χ3v) is 14.3. The number of esters is 10. The van der Waals surface area contributed by atoms with Crippen molar-refractivity contribution < 1.29 is 100 Å². The first kappa shape index (κ1) is 79.1. The minimum absolute atomic E-state index is 0.240. The van der Waals surface area contributed by atoms with E-state index in [1.54, 1.807) is 79.7 Å². The smallest absolute Gasteiger partial charge is 0.343 e. The summed E-state index contributed by atoms with van der Waals surface area (Å²) in [7, 11) is 0. The van der Waals surface area contributed by atoms with Gasteiger partial charge in [-0.25, -0.2) is 14.4 Å². The minimum atomic E-state index is -0.535. The highest BCUT2D eigenvalue weighted by atomic mass is 16.6. The molecule has 3 aromatic rings. The molecule has 0 atom stereocenters. The molecule has 0 aliphatic carbocycles. The fraction of sp³-hybridized carbons (Fsp3) is 0.583. The topological polar surface area (TPSA) is 272 Å². The van der Waals surface area contributed by atoms with Crippen LogP contribution in [0.1, 0.15) is 233 Å². The SMILES string of the molecule is C=C(C)C(=O)OCCCCCC(=O)OCCCCCC(=O)OCCCCCC(=O)OCCCCCC(=O)OCCCCCC(=O)OCCCCCC(=O)OCCCCCC(=O)OCCCCCCOc1ccc(C(=O)Oc2ccc(OC(=O)c3ccccc3)cc2)cc1. The van der Waals surface area contributed by atoms with Gasteiger partial charge in [0.1, 0.15) is 17.2 Å².